The van der Waals surface area contributed by atoms with E-state index in [4.69, 9.17) is 0 Å². The van der Waals surface area contributed by atoms with E-state index < -0.39 is 0 Å². The van der Waals surface area contributed by atoms with Gasteiger partial charge in [0.05, 0.1) is 0 Å². The Labute approximate surface area is 119 Å². The molecule has 0 heterocycles. The number of likely N-dealkylation sites (N-methyl/N-ethyl adjacent to an activating group) is 1. The molecule has 0 spiro atoms. The second-order valence-corrected chi connectivity index (χ2v) is 6.07. The standard InChI is InChI=1S/C16H32N2O/c1-4-5-6-7-8-9-10-16(19)17-13-14(2)18(3)15-11-12-15/h14-15H,4-13H2,1-3H3,(H,17,19). The van der Waals surface area contributed by atoms with Crippen molar-refractivity contribution in [1.82, 2.24) is 10.2 Å². The Morgan fingerprint density at radius 3 is 2.47 bits per heavy atom. The topological polar surface area (TPSA) is 32.3 Å². The van der Waals surface area contributed by atoms with E-state index in [1.54, 1.807) is 0 Å². The molecule has 19 heavy (non-hydrogen) atoms. The first-order valence-corrected chi connectivity index (χ1v) is 8.13. The van der Waals surface area contributed by atoms with E-state index in [0.717, 1.165) is 19.0 Å². The van der Waals surface area contributed by atoms with Gasteiger partial charge in [-0.05, 0) is 33.2 Å². The van der Waals surface area contributed by atoms with Gasteiger partial charge in [-0.15, -0.1) is 0 Å². The number of rotatable bonds is 11. The highest BCUT2D eigenvalue weighted by Gasteiger charge is 2.28. The number of nitrogens with zero attached hydrogens (tertiary/aromatic N) is 1. The van der Waals surface area contributed by atoms with Gasteiger partial charge < -0.3 is 5.32 Å². The summed E-state index contributed by atoms with van der Waals surface area (Å²) in [5.74, 6) is 0.228. The van der Waals surface area contributed by atoms with Crippen LogP contribution in [0.15, 0.2) is 0 Å². The predicted molar refractivity (Wildman–Crippen MR) is 81.2 cm³/mol. The Hall–Kier alpha value is -0.570. The Kier molecular flexibility index (Phi) is 8.11. The number of hydrogen-bond acceptors (Lipinski definition) is 2. The minimum atomic E-state index is 0.228. The number of carbonyl (C=O) groups excluding carboxylic acids is 1. The average Bonchev–Trinajstić information content (AvgIpc) is 3.23. The Morgan fingerprint density at radius 2 is 1.84 bits per heavy atom. The van der Waals surface area contributed by atoms with Crippen molar-refractivity contribution in [3.8, 4) is 0 Å². The zero-order valence-corrected chi connectivity index (χ0v) is 13.1. The average molecular weight is 268 g/mol. The summed E-state index contributed by atoms with van der Waals surface area (Å²) < 4.78 is 0. The van der Waals surface area contributed by atoms with Gasteiger partial charge >= 0.3 is 0 Å². The molecule has 3 nitrogen and oxygen atoms in total. The summed E-state index contributed by atoms with van der Waals surface area (Å²) in [6.45, 7) is 5.22. The minimum absolute atomic E-state index is 0.228. The van der Waals surface area contributed by atoms with Gasteiger partial charge in [0.25, 0.3) is 0 Å². The number of carbonyl (C=O) groups is 1. The fourth-order valence-corrected chi connectivity index (χ4v) is 2.40. The molecule has 1 saturated carbocycles. The maximum Gasteiger partial charge on any atom is 0.220 e. The van der Waals surface area contributed by atoms with Crippen LogP contribution in [-0.4, -0.2) is 36.5 Å². The van der Waals surface area contributed by atoms with Crippen molar-refractivity contribution in [1.29, 1.82) is 0 Å². The molecule has 0 aromatic heterocycles. The van der Waals surface area contributed by atoms with Gasteiger partial charge in [0, 0.05) is 25.0 Å². The number of amides is 1. The molecule has 0 aromatic rings. The largest absolute Gasteiger partial charge is 0.355 e. The summed E-state index contributed by atoms with van der Waals surface area (Å²) in [6.07, 6.45) is 10.8. The highest BCUT2D eigenvalue weighted by molar-refractivity contribution is 5.75. The van der Waals surface area contributed by atoms with Crippen molar-refractivity contribution in [3.63, 3.8) is 0 Å². The first-order chi connectivity index (χ1) is 9.15. The summed E-state index contributed by atoms with van der Waals surface area (Å²) in [5, 5.41) is 3.07. The van der Waals surface area contributed by atoms with Crippen molar-refractivity contribution in [3.05, 3.63) is 0 Å². The van der Waals surface area contributed by atoms with Crippen molar-refractivity contribution in [2.75, 3.05) is 13.6 Å². The van der Waals surface area contributed by atoms with Crippen LogP contribution in [-0.2, 0) is 4.79 Å². The quantitative estimate of drug-likeness (QED) is 0.583. The van der Waals surface area contributed by atoms with E-state index in [2.05, 4.69) is 31.1 Å². The summed E-state index contributed by atoms with van der Waals surface area (Å²) in [6, 6.07) is 1.23. The molecule has 1 aliphatic carbocycles. The molecule has 0 aromatic carbocycles. The maximum absolute atomic E-state index is 11.7. The van der Waals surface area contributed by atoms with Gasteiger partial charge in [-0.2, -0.15) is 0 Å². The van der Waals surface area contributed by atoms with Crippen LogP contribution >= 0.6 is 0 Å². The minimum Gasteiger partial charge on any atom is -0.355 e. The third-order valence-corrected chi connectivity index (χ3v) is 4.17. The Bertz CT molecular complexity index is 251. The summed E-state index contributed by atoms with van der Waals surface area (Å²) in [5.41, 5.74) is 0. The Balaban J connectivity index is 1.95. The lowest BCUT2D eigenvalue weighted by Gasteiger charge is -2.24. The van der Waals surface area contributed by atoms with Crippen LogP contribution in [0.4, 0.5) is 0 Å². The summed E-state index contributed by atoms with van der Waals surface area (Å²) in [7, 11) is 2.17. The summed E-state index contributed by atoms with van der Waals surface area (Å²) in [4.78, 5) is 14.1. The molecule has 1 rings (SSSR count). The van der Waals surface area contributed by atoms with Gasteiger partial charge in [-0.1, -0.05) is 39.0 Å². The first-order valence-electron chi connectivity index (χ1n) is 8.13. The van der Waals surface area contributed by atoms with E-state index in [-0.39, 0.29) is 5.91 Å². The molecule has 3 heteroatoms. The molecular weight excluding hydrogens is 236 g/mol. The van der Waals surface area contributed by atoms with Gasteiger partial charge in [-0.3, -0.25) is 9.69 Å². The van der Waals surface area contributed by atoms with Crippen LogP contribution in [0.5, 0.6) is 0 Å². The maximum atomic E-state index is 11.7. The van der Waals surface area contributed by atoms with Crippen LogP contribution < -0.4 is 5.32 Å². The van der Waals surface area contributed by atoms with Crippen molar-refractivity contribution in [2.24, 2.45) is 0 Å². The predicted octanol–water partition coefficient (Wildman–Crippen LogP) is 3.34. The molecule has 1 fully saturated rings. The molecule has 0 aliphatic heterocycles. The number of hydrogen-bond donors (Lipinski definition) is 1. The zero-order valence-electron chi connectivity index (χ0n) is 13.1. The highest BCUT2D eigenvalue weighted by Crippen LogP contribution is 2.26. The third kappa shape index (κ3) is 7.56. The molecule has 1 atom stereocenters. The lowest BCUT2D eigenvalue weighted by molar-refractivity contribution is -0.121. The van der Waals surface area contributed by atoms with Crippen LogP contribution in [0.25, 0.3) is 0 Å². The smallest absolute Gasteiger partial charge is 0.220 e. The van der Waals surface area contributed by atoms with E-state index >= 15 is 0 Å². The molecule has 0 bridgehead atoms. The van der Waals surface area contributed by atoms with Gasteiger partial charge in [0.1, 0.15) is 0 Å². The SMILES string of the molecule is CCCCCCCCC(=O)NCC(C)N(C)C1CC1. The van der Waals surface area contributed by atoms with Crippen molar-refractivity contribution >= 4 is 5.91 Å². The van der Waals surface area contributed by atoms with E-state index in [1.807, 2.05) is 0 Å². The van der Waals surface area contributed by atoms with E-state index in [0.29, 0.717) is 12.5 Å². The molecule has 1 unspecified atom stereocenters. The van der Waals surface area contributed by atoms with E-state index in [9.17, 15) is 4.79 Å². The second-order valence-electron chi connectivity index (χ2n) is 6.07. The molecule has 1 amide bonds. The summed E-state index contributed by atoms with van der Waals surface area (Å²) >= 11 is 0. The number of unbranched alkanes of at least 4 members (excludes halogenated alkanes) is 5. The first kappa shape index (κ1) is 16.5. The fraction of sp³-hybridized carbons (Fsp3) is 0.938. The third-order valence-electron chi connectivity index (χ3n) is 4.17. The second kappa shape index (κ2) is 9.35. The zero-order chi connectivity index (χ0) is 14.1. The number of nitrogens with one attached hydrogen (secondary N) is 1. The molecule has 1 N–H and O–H groups in total. The Morgan fingerprint density at radius 1 is 1.21 bits per heavy atom. The van der Waals surface area contributed by atoms with Crippen molar-refractivity contribution < 1.29 is 4.79 Å². The van der Waals surface area contributed by atoms with Gasteiger partial charge in [0.2, 0.25) is 5.91 Å². The van der Waals surface area contributed by atoms with Crippen LogP contribution in [0.3, 0.4) is 0 Å². The fourth-order valence-electron chi connectivity index (χ4n) is 2.40. The van der Waals surface area contributed by atoms with Gasteiger partial charge in [-0.25, -0.2) is 0 Å². The van der Waals surface area contributed by atoms with Crippen LogP contribution in [0, 0.1) is 0 Å². The molecule has 1 aliphatic rings. The van der Waals surface area contributed by atoms with Crippen LogP contribution in [0.2, 0.25) is 0 Å². The van der Waals surface area contributed by atoms with Crippen LogP contribution in [0.1, 0.15) is 71.6 Å². The molecule has 0 radical (unpaired) electrons. The lowest BCUT2D eigenvalue weighted by atomic mass is 10.1. The molecular formula is C16H32N2O. The monoisotopic (exact) mass is 268 g/mol. The normalized spacial score (nSPS) is 16.6. The van der Waals surface area contributed by atoms with Crippen molar-refractivity contribution in [2.45, 2.75) is 83.7 Å². The lowest BCUT2D eigenvalue weighted by Crippen LogP contribution is -2.41. The molecule has 0 saturated heterocycles. The van der Waals surface area contributed by atoms with Gasteiger partial charge in [0.15, 0.2) is 0 Å². The molecule has 112 valence electrons. The van der Waals surface area contributed by atoms with E-state index in [1.165, 1.54) is 44.9 Å². The highest BCUT2D eigenvalue weighted by atomic mass is 16.1.